The maximum Gasteiger partial charge on any atom is 0.295 e. The van der Waals surface area contributed by atoms with Crippen molar-refractivity contribution in [1.82, 2.24) is 9.88 Å². The lowest BCUT2D eigenvalue weighted by molar-refractivity contribution is -0.140. The summed E-state index contributed by atoms with van der Waals surface area (Å²) in [6.45, 7) is 6.66. The predicted molar refractivity (Wildman–Crippen MR) is 137 cm³/mol. The van der Waals surface area contributed by atoms with Gasteiger partial charge in [-0.25, -0.2) is 0 Å². The van der Waals surface area contributed by atoms with Gasteiger partial charge in [0.2, 0.25) is 0 Å². The van der Waals surface area contributed by atoms with Gasteiger partial charge < -0.3 is 19.5 Å². The maximum absolute atomic E-state index is 13.4. The summed E-state index contributed by atoms with van der Waals surface area (Å²) < 4.78 is 11.3. The molecule has 7 nitrogen and oxygen atoms in total. The van der Waals surface area contributed by atoms with Gasteiger partial charge in [0.05, 0.1) is 25.3 Å². The quantitative estimate of drug-likeness (QED) is 0.266. The molecule has 0 spiro atoms. The number of pyridine rings is 1. The minimum Gasteiger partial charge on any atom is -0.507 e. The van der Waals surface area contributed by atoms with Crippen LogP contribution in [0.4, 0.5) is 0 Å². The number of aromatic nitrogens is 1. The molecule has 1 saturated heterocycles. The fourth-order valence-electron chi connectivity index (χ4n) is 4.53. The van der Waals surface area contributed by atoms with Crippen molar-refractivity contribution in [3.8, 4) is 11.5 Å². The maximum atomic E-state index is 13.4. The molecule has 4 rings (SSSR count). The normalized spacial score (nSPS) is 17.0. The second kappa shape index (κ2) is 10.6. The monoisotopic (exact) mass is 486 g/mol. The highest BCUT2D eigenvalue weighted by Crippen LogP contribution is 2.43. The lowest BCUT2D eigenvalue weighted by Gasteiger charge is -2.26. The Hall–Kier alpha value is -4.13. The molecule has 1 aliphatic rings. The summed E-state index contributed by atoms with van der Waals surface area (Å²) >= 11 is 0. The number of amides is 1. The van der Waals surface area contributed by atoms with Gasteiger partial charge in [0, 0.05) is 30.1 Å². The van der Waals surface area contributed by atoms with E-state index >= 15 is 0 Å². The van der Waals surface area contributed by atoms with E-state index < -0.39 is 17.7 Å². The van der Waals surface area contributed by atoms with Crippen LogP contribution in [0.25, 0.3) is 5.76 Å². The van der Waals surface area contributed by atoms with Gasteiger partial charge in [0.1, 0.15) is 17.3 Å². The molecule has 1 N–H and O–H groups in total. The molecule has 7 heteroatoms. The van der Waals surface area contributed by atoms with Crippen molar-refractivity contribution in [3.63, 3.8) is 0 Å². The van der Waals surface area contributed by atoms with E-state index in [1.807, 2.05) is 39.0 Å². The Kier molecular flexibility index (Phi) is 7.38. The van der Waals surface area contributed by atoms with Crippen LogP contribution in [0.2, 0.25) is 0 Å². The summed E-state index contributed by atoms with van der Waals surface area (Å²) in [6, 6.07) is 15.3. The number of ether oxygens (including phenoxy) is 2. The van der Waals surface area contributed by atoms with E-state index in [1.165, 1.54) is 12.0 Å². The van der Waals surface area contributed by atoms with E-state index in [-0.39, 0.29) is 23.8 Å². The van der Waals surface area contributed by atoms with Gasteiger partial charge in [0.25, 0.3) is 11.7 Å². The second-order valence-electron chi connectivity index (χ2n) is 8.86. The van der Waals surface area contributed by atoms with Gasteiger partial charge in [-0.3, -0.25) is 14.6 Å². The summed E-state index contributed by atoms with van der Waals surface area (Å²) in [6.07, 6.45) is 3.27. The molecule has 1 atom stereocenters. The number of benzene rings is 2. The first-order chi connectivity index (χ1) is 17.4. The Balaban J connectivity index is 1.90. The number of nitrogens with zero attached hydrogens (tertiary/aromatic N) is 2. The summed E-state index contributed by atoms with van der Waals surface area (Å²) in [5.41, 5.74) is 2.81. The highest BCUT2D eigenvalue weighted by molar-refractivity contribution is 6.46. The number of hydrogen-bond acceptors (Lipinski definition) is 6. The zero-order valence-electron chi connectivity index (χ0n) is 20.9. The van der Waals surface area contributed by atoms with Crippen molar-refractivity contribution < 1.29 is 24.2 Å². The number of para-hydroxylation sites is 1. The van der Waals surface area contributed by atoms with Gasteiger partial charge >= 0.3 is 0 Å². The Morgan fingerprint density at radius 2 is 1.78 bits per heavy atom. The fourth-order valence-corrected chi connectivity index (χ4v) is 4.53. The van der Waals surface area contributed by atoms with Gasteiger partial charge in [-0.15, -0.1) is 0 Å². The number of rotatable bonds is 8. The van der Waals surface area contributed by atoms with Crippen LogP contribution in [-0.4, -0.2) is 40.4 Å². The molecule has 0 radical (unpaired) electrons. The van der Waals surface area contributed by atoms with E-state index in [1.54, 1.807) is 48.8 Å². The number of carbonyl (C=O) groups is 2. The van der Waals surface area contributed by atoms with Crippen LogP contribution < -0.4 is 9.47 Å². The molecule has 186 valence electrons. The number of likely N-dealkylation sites (tertiary alicyclic amines) is 1. The second-order valence-corrected chi connectivity index (χ2v) is 8.86. The third-order valence-electron chi connectivity index (χ3n) is 6.28. The largest absolute Gasteiger partial charge is 0.507 e. The van der Waals surface area contributed by atoms with Crippen LogP contribution in [0, 0.1) is 0 Å². The highest BCUT2D eigenvalue weighted by Gasteiger charge is 2.47. The van der Waals surface area contributed by atoms with Gasteiger partial charge in [-0.05, 0) is 60.4 Å². The third kappa shape index (κ3) is 4.69. The number of ketones is 1. The van der Waals surface area contributed by atoms with Gasteiger partial charge in [0.15, 0.2) is 0 Å². The van der Waals surface area contributed by atoms with Crippen LogP contribution in [0.3, 0.4) is 0 Å². The molecule has 1 aliphatic heterocycles. The lowest BCUT2D eigenvalue weighted by Crippen LogP contribution is -2.29. The number of aliphatic hydroxyl groups excluding tert-OH is 1. The molecule has 3 aromatic rings. The van der Waals surface area contributed by atoms with Gasteiger partial charge in [-0.1, -0.05) is 32.0 Å². The van der Waals surface area contributed by atoms with Crippen molar-refractivity contribution in [1.29, 1.82) is 0 Å². The summed E-state index contributed by atoms with van der Waals surface area (Å²) in [7, 11) is 1.54. The molecule has 0 aliphatic carbocycles. The summed E-state index contributed by atoms with van der Waals surface area (Å²) in [5.74, 6) is -0.283. The van der Waals surface area contributed by atoms with Crippen LogP contribution >= 0.6 is 0 Å². The number of carbonyl (C=O) groups excluding carboxylic acids is 2. The Morgan fingerprint density at radius 1 is 1.06 bits per heavy atom. The average Bonchev–Trinajstić information content (AvgIpc) is 3.13. The van der Waals surface area contributed by atoms with E-state index in [9.17, 15) is 14.7 Å². The molecular weight excluding hydrogens is 456 g/mol. The van der Waals surface area contributed by atoms with E-state index in [0.29, 0.717) is 23.5 Å². The van der Waals surface area contributed by atoms with E-state index in [2.05, 4.69) is 4.98 Å². The van der Waals surface area contributed by atoms with Crippen molar-refractivity contribution >= 4 is 17.4 Å². The van der Waals surface area contributed by atoms with Crippen molar-refractivity contribution in [3.05, 3.63) is 94.8 Å². The molecule has 1 fully saturated rings. The molecule has 0 bridgehead atoms. The van der Waals surface area contributed by atoms with Crippen molar-refractivity contribution in [2.45, 2.75) is 39.3 Å². The molecular formula is C29H30N2O5. The van der Waals surface area contributed by atoms with Crippen molar-refractivity contribution in [2.75, 3.05) is 13.7 Å². The fraction of sp³-hybridized carbons (Fsp3) is 0.276. The number of hydrogen-bond donors (Lipinski definition) is 1. The summed E-state index contributed by atoms with van der Waals surface area (Å²) in [4.78, 5) is 32.2. The molecule has 2 aromatic carbocycles. The molecule has 1 unspecified atom stereocenters. The van der Waals surface area contributed by atoms with Crippen molar-refractivity contribution in [2.24, 2.45) is 0 Å². The molecule has 1 amide bonds. The minimum absolute atomic E-state index is 0.0254. The van der Waals surface area contributed by atoms with Crippen LogP contribution in [-0.2, 0) is 16.1 Å². The van der Waals surface area contributed by atoms with Crippen LogP contribution in [0.15, 0.2) is 72.6 Å². The van der Waals surface area contributed by atoms with Crippen LogP contribution in [0.5, 0.6) is 11.5 Å². The Labute approximate surface area is 211 Å². The Bertz CT molecular complexity index is 1300. The lowest BCUT2D eigenvalue weighted by atomic mass is 9.92. The topological polar surface area (TPSA) is 89.0 Å². The smallest absolute Gasteiger partial charge is 0.295 e. The molecule has 0 saturated carbocycles. The van der Waals surface area contributed by atoms with E-state index in [0.717, 1.165) is 16.9 Å². The minimum atomic E-state index is -0.830. The number of aliphatic hydroxyl groups is 1. The predicted octanol–water partition coefficient (Wildman–Crippen LogP) is 5.23. The first-order valence-electron chi connectivity index (χ1n) is 11.9. The zero-order chi connectivity index (χ0) is 25.8. The average molecular weight is 487 g/mol. The molecule has 1 aromatic heterocycles. The first kappa shape index (κ1) is 25.0. The SMILES string of the molecule is CCOc1ccc(/C(O)=C2\C(=O)C(=O)N(Cc3ccncc3)C2c2ccccc2OC)cc1C(C)C. The zero-order valence-corrected chi connectivity index (χ0v) is 20.9. The van der Waals surface area contributed by atoms with E-state index in [4.69, 9.17) is 9.47 Å². The first-order valence-corrected chi connectivity index (χ1v) is 11.9. The van der Waals surface area contributed by atoms with Crippen LogP contribution in [0.1, 0.15) is 55.0 Å². The highest BCUT2D eigenvalue weighted by atomic mass is 16.5. The summed E-state index contributed by atoms with van der Waals surface area (Å²) in [5, 5.41) is 11.5. The Morgan fingerprint density at radius 3 is 2.44 bits per heavy atom. The molecule has 2 heterocycles. The van der Waals surface area contributed by atoms with Gasteiger partial charge in [-0.2, -0.15) is 0 Å². The molecule has 36 heavy (non-hydrogen) atoms. The number of Topliss-reactive ketones (excluding diaryl/α,β-unsaturated/α-hetero) is 1. The third-order valence-corrected chi connectivity index (χ3v) is 6.28. The number of methoxy groups -OCH3 is 1. The standard InChI is InChI=1S/C29H30N2O5/c1-5-36-24-11-10-20(16-22(24)18(2)3)27(32)25-26(21-8-6-7-9-23(21)35-4)31(29(34)28(25)33)17-19-12-14-30-15-13-19/h6-16,18,26,32H,5,17H2,1-4H3/b27-25+.